The van der Waals surface area contributed by atoms with Gasteiger partial charge in [0.15, 0.2) is 0 Å². The highest BCUT2D eigenvalue weighted by atomic mass is 16.7. The van der Waals surface area contributed by atoms with Gasteiger partial charge in [0.25, 0.3) is 0 Å². The molecule has 3 N–H and O–H groups in total. The second-order valence-corrected chi connectivity index (χ2v) is 4.23. The average Bonchev–Trinajstić information content (AvgIpc) is 2.52. The number of carboxylic acid groups (broad SMARTS) is 2. The van der Waals surface area contributed by atoms with Crippen LogP contribution in [0.4, 0.5) is 5.69 Å². The first-order valence-corrected chi connectivity index (χ1v) is 6.12. The molecule has 7 nitrogen and oxygen atoms in total. The van der Waals surface area contributed by atoms with Crippen LogP contribution < -0.4 is 5.48 Å². The van der Waals surface area contributed by atoms with E-state index in [9.17, 15) is 14.4 Å². The van der Waals surface area contributed by atoms with Gasteiger partial charge in [-0.1, -0.05) is 18.2 Å². The van der Waals surface area contributed by atoms with Crippen molar-refractivity contribution in [2.24, 2.45) is 0 Å². The summed E-state index contributed by atoms with van der Waals surface area (Å²) in [6.45, 7) is 0. The van der Waals surface area contributed by atoms with Crippen molar-refractivity contribution in [2.45, 2.75) is 0 Å². The van der Waals surface area contributed by atoms with Crippen molar-refractivity contribution in [3.05, 3.63) is 65.2 Å². The molecule has 2 aromatic rings. The molecule has 7 heteroatoms. The van der Waals surface area contributed by atoms with Crippen molar-refractivity contribution < 1.29 is 29.4 Å². The largest absolute Gasteiger partial charge is 0.478 e. The van der Waals surface area contributed by atoms with Gasteiger partial charge in [-0.2, -0.15) is 0 Å². The lowest BCUT2D eigenvalue weighted by Crippen LogP contribution is -2.14. The van der Waals surface area contributed by atoms with Gasteiger partial charge in [-0.15, -0.1) is 0 Å². The molecule has 0 radical (unpaired) electrons. The van der Waals surface area contributed by atoms with Crippen LogP contribution in [0.1, 0.15) is 31.1 Å². The number of hydrogen-bond acceptors (Lipinski definition) is 5. The molecule has 0 spiro atoms. The number of benzene rings is 2. The van der Waals surface area contributed by atoms with E-state index in [1.54, 1.807) is 30.3 Å². The monoisotopic (exact) mass is 301 g/mol. The van der Waals surface area contributed by atoms with E-state index in [0.29, 0.717) is 5.69 Å². The van der Waals surface area contributed by atoms with E-state index >= 15 is 0 Å². The number of carboxylic acids is 2. The van der Waals surface area contributed by atoms with Gasteiger partial charge in [-0.3, -0.25) is 0 Å². The minimum absolute atomic E-state index is 0.0779. The van der Waals surface area contributed by atoms with Crippen molar-refractivity contribution >= 4 is 23.6 Å². The molecule has 0 aliphatic heterocycles. The van der Waals surface area contributed by atoms with Crippen molar-refractivity contribution in [3.63, 3.8) is 0 Å². The van der Waals surface area contributed by atoms with E-state index in [0.717, 1.165) is 12.1 Å². The number of nitrogens with one attached hydrogen (secondary N) is 1. The van der Waals surface area contributed by atoms with E-state index in [2.05, 4.69) is 5.48 Å². The Balaban J connectivity index is 2.18. The van der Waals surface area contributed by atoms with E-state index in [1.165, 1.54) is 6.07 Å². The summed E-state index contributed by atoms with van der Waals surface area (Å²) < 4.78 is 0. The number of carbonyl (C=O) groups excluding carboxylic acids is 1. The number of para-hydroxylation sites is 1. The molecule has 0 unspecified atom stereocenters. The van der Waals surface area contributed by atoms with Crippen molar-refractivity contribution in [1.29, 1.82) is 0 Å². The fourth-order valence-electron chi connectivity index (χ4n) is 1.71. The number of hydrogen-bond donors (Lipinski definition) is 3. The van der Waals surface area contributed by atoms with Gasteiger partial charge in [-0.05, 0) is 30.3 Å². The van der Waals surface area contributed by atoms with E-state index in [-0.39, 0.29) is 5.56 Å². The maximum atomic E-state index is 11.8. The van der Waals surface area contributed by atoms with Gasteiger partial charge >= 0.3 is 17.9 Å². The first kappa shape index (κ1) is 15.0. The summed E-state index contributed by atoms with van der Waals surface area (Å²) in [6.07, 6.45) is 0. The maximum absolute atomic E-state index is 11.8. The molecular formula is C15H11NO6. The summed E-state index contributed by atoms with van der Waals surface area (Å²) in [5, 5.41) is 17.9. The predicted octanol–water partition coefficient (Wildman–Crippen LogP) is 2.27. The Morgan fingerprint density at radius 1 is 0.864 bits per heavy atom. The van der Waals surface area contributed by atoms with Crippen molar-refractivity contribution in [1.82, 2.24) is 0 Å². The summed E-state index contributed by atoms with van der Waals surface area (Å²) in [4.78, 5) is 38.6. The highest BCUT2D eigenvalue weighted by Gasteiger charge is 2.19. The zero-order chi connectivity index (χ0) is 16.1. The SMILES string of the molecule is O=C(ONc1ccccc1)c1ccc(C(=O)O)c(C(=O)O)c1. The average molecular weight is 301 g/mol. The van der Waals surface area contributed by atoms with Gasteiger partial charge in [0.1, 0.15) is 0 Å². The lowest BCUT2D eigenvalue weighted by molar-refractivity contribution is 0.0593. The molecule has 0 amide bonds. The van der Waals surface area contributed by atoms with Crippen LogP contribution in [-0.4, -0.2) is 28.1 Å². The Bertz CT molecular complexity index is 726. The first-order chi connectivity index (χ1) is 10.5. The van der Waals surface area contributed by atoms with Gasteiger partial charge in [0.05, 0.1) is 22.4 Å². The number of aromatic carboxylic acids is 2. The number of anilines is 1. The molecule has 0 fully saturated rings. The molecule has 22 heavy (non-hydrogen) atoms. The lowest BCUT2D eigenvalue weighted by Gasteiger charge is -2.08. The lowest BCUT2D eigenvalue weighted by atomic mass is 10.0. The third kappa shape index (κ3) is 3.40. The molecule has 0 bridgehead atoms. The minimum Gasteiger partial charge on any atom is -0.478 e. The summed E-state index contributed by atoms with van der Waals surface area (Å²) in [6, 6.07) is 11.8. The Hall–Kier alpha value is -3.35. The highest BCUT2D eigenvalue weighted by Crippen LogP contribution is 2.14. The molecule has 0 aliphatic rings. The molecule has 0 aromatic heterocycles. The molecule has 0 heterocycles. The van der Waals surface area contributed by atoms with Crippen molar-refractivity contribution in [3.8, 4) is 0 Å². The van der Waals surface area contributed by atoms with Gasteiger partial charge in [-0.25, -0.2) is 19.9 Å². The summed E-state index contributed by atoms with van der Waals surface area (Å²) in [5.74, 6) is -3.66. The normalized spacial score (nSPS) is 9.82. The Labute approximate surface area is 124 Å². The summed E-state index contributed by atoms with van der Waals surface area (Å²) in [5.41, 5.74) is 1.99. The first-order valence-electron chi connectivity index (χ1n) is 6.12. The van der Waals surface area contributed by atoms with Gasteiger partial charge in [0.2, 0.25) is 0 Å². The third-order valence-corrected chi connectivity index (χ3v) is 2.75. The minimum atomic E-state index is -1.44. The van der Waals surface area contributed by atoms with Gasteiger partial charge in [0, 0.05) is 0 Å². The van der Waals surface area contributed by atoms with Crippen LogP contribution in [0.2, 0.25) is 0 Å². The van der Waals surface area contributed by atoms with E-state index < -0.39 is 29.0 Å². The van der Waals surface area contributed by atoms with Gasteiger partial charge < -0.3 is 15.1 Å². The van der Waals surface area contributed by atoms with Crippen LogP contribution in [0.3, 0.4) is 0 Å². The van der Waals surface area contributed by atoms with E-state index in [4.69, 9.17) is 15.1 Å². The molecule has 0 saturated heterocycles. The van der Waals surface area contributed by atoms with Crippen LogP contribution in [0, 0.1) is 0 Å². The predicted molar refractivity (Wildman–Crippen MR) is 75.8 cm³/mol. The third-order valence-electron chi connectivity index (χ3n) is 2.75. The van der Waals surface area contributed by atoms with Crippen LogP contribution in [0.5, 0.6) is 0 Å². The molecule has 112 valence electrons. The van der Waals surface area contributed by atoms with Crippen LogP contribution >= 0.6 is 0 Å². The quantitative estimate of drug-likeness (QED) is 0.726. The Kier molecular flexibility index (Phi) is 4.38. The second-order valence-electron chi connectivity index (χ2n) is 4.23. The molecule has 0 atom stereocenters. The van der Waals surface area contributed by atoms with Crippen LogP contribution in [0.25, 0.3) is 0 Å². The zero-order valence-electron chi connectivity index (χ0n) is 11.1. The molecule has 0 saturated carbocycles. The fourth-order valence-corrected chi connectivity index (χ4v) is 1.71. The standard InChI is InChI=1S/C15H11NO6/c17-13(18)11-7-6-9(8-12(11)14(19)20)15(21)22-16-10-4-2-1-3-5-10/h1-8,16H,(H,17,18)(H,19,20). The van der Waals surface area contributed by atoms with Crippen molar-refractivity contribution in [2.75, 3.05) is 5.48 Å². The summed E-state index contributed by atoms with van der Waals surface area (Å²) in [7, 11) is 0. The van der Waals surface area contributed by atoms with Crippen LogP contribution in [0.15, 0.2) is 48.5 Å². The Morgan fingerprint density at radius 3 is 2.09 bits per heavy atom. The topological polar surface area (TPSA) is 113 Å². The zero-order valence-corrected chi connectivity index (χ0v) is 11.1. The molecule has 2 aromatic carbocycles. The second kappa shape index (κ2) is 6.40. The van der Waals surface area contributed by atoms with E-state index in [1.807, 2.05) is 0 Å². The molecular weight excluding hydrogens is 290 g/mol. The molecule has 0 aliphatic carbocycles. The maximum Gasteiger partial charge on any atom is 0.362 e. The smallest absolute Gasteiger partial charge is 0.362 e. The van der Waals surface area contributed by atoms with Crippen LogP contribution in [-0.2, 0) is 4.84 Å². The number of carbonyl (C=O) groups is 3. The fraction of sp³-hybridized carbons (Fsp3) is 0. The summed E-state index contributed by atoms with van der Waals surface area (Å²) >= 11 is 0. The molecule has 2 rings (SSSR count). The highest BCUT2D eigenvalue weighted by molar-refractivity contribution is 6.04. The number of rotatable bonds is 5. The Morgan fingerprint density at radius 2 is 1.50 bits per heavy atom.